The van der Waals surface area contributed by atoms with Crippen LogP contribution in [0.3, 0.4) is 0 Å². The van der Waals surface area contributed by atoms with E-state index in [0.29, 0.717) is 18.5 Å². The topological polar surface area (TPSA) is 74.9 Å². The molecular formula is C18H34IN5O2. The molecule has 2 rings (SSSR count). The van der Waals surface area contributed by atoms with Crippen molar-refractivity contribution in [3.63, 3.8) is 0 Å². The van der Waals surface area contributed by atoms with Gasteiger partial charge in [0, 0.05) is 38.3 Å². The third-order valence-electron chi connectivity index (χ3n) is 4.47. The van der Waals surface area contributed by atoms with Gasteiger partial charge < -0.3 is 19.9 Å². The van der Waals surface area contributed by atoms with E-state index < -0.39 is 0 Å². The average molecular weight is 479 g/mol. The maximum atomic E-state index is 5.48. The van der Waals surface area contributed by atoms with Crippen molar-refractivity contribution in [1.82, 2.24) is 20.7 Å². The molecule has 1 atom stereocenters. The van der Waals surface area contributed by atoms with E-state index in [1.54, 1.807) is 0 Å². The van der Waals surface area contributed by atoms with E-state index >= 15 is 0 Å². The van der Waals surface area contributed by atoms with Crippen LogP contribution in [-0.2, 0) is 17.7 Å². The Morgan fingerprint density at radius 1 is 1.27 bits per heavy atom. The van der Waals surface area contributed by atoms with Gasteiger partial charge in [-0.25, -0.2) is 4.99 Å². The minimum atomic E-state index is 0. The number of aromatic nitrogens is 1. The molecule has 1 saturated heterocycles. The van der Waals surface area contributed by atoms with Gasteiger partial charge in [0.25, 0.3) is 0 Å². The summed E-state index contributed by atoms with van der Waals surface area (Å²) in [6.07, 6.45) is 0.876. The van der Waals surface area contributed by atoms with E-state index in [9.17, 15) is 0 Å². The number of morpholine rings is 1. The number of guanidine groups is 1. The second-order valence-corrected chi connectivity index (χ2v) is 6.67. The van der Waals surface area contributed by atoms with Crippen molar-refractivity contribution in [3.8, 4) is 0 Å². The number of aryl methyl sites for hydroxylation is 1. The molecular weight excluding hydrogens is 445 g/mol. The first-order valence-electron chi connectivity index (χ1n) is 9.42. The number of nitrogens with zero attached hydrogens (tertiary/aromatic N) is 3. The van der Waals surface area contributed by atoms with E-state index in [1.165, 1.54) is 0 Å². The van der Waals surface area contributed by atoms with Crippen molar-refractivity contribution in [3.05, 3.63) is 17.5 Å². The Morgan fingerprint density at radius 3 is 2.58 bits per heavy atom. The zero-order valence-corrected chi connectivity index (χ0v) is 18.8. The predicted molar refractivity (Wildman–Crippen MR) is 115 cm³/mol. The van der Waals surface area contributed by atoms with Crippen LogP contribution in [0.1, 0.15) is 39.1 Å². The molecule has 8 heteroatoms. The zero-order chi connectivity index (χ0) is 18.1. The zero-order valence-electron chi connectivity index (χ0n) is 16.5. The fourth-order valence-electron chi connectivity index (χ4n) is 2.99. The first-order chi connectivity index (χ1) is 12.1. The molecule has 0 saturated carbocycles. The summed E-state index contributed by atoms with van der Waals surface area (Å²) in [5, 5.41) is 10.8. The Hall–Kier alpha value is -0.870. The smallest absolute Gasteiger partial charge is 0.191 e. The minimum Gasteiger partial charge on any atom is -0.379 e. The second kappa shape index (κ2) is 12.5. The van der Waals surface area contributed by atoms with Crippen LogP contribution in [-0.4, -0.2) is 61.5 Å². The number of hydrogen-bond donors (Lipinski definition) is 2. The molecule has 1 unspecified atom stereocenters. The van der Waals surface area contributed by atoms with E-state index in [-0.39, 0.29) is 24.0 Å². The molecule has 26 heavy (non-hydrogen) atoms. The highest BCUT2D eigenvalue weighted by Gasteiger charge is 2.23. The van der Waals surface area contributed by atoms with Gasteiger partial charge in [-0.15, -0.1) is 24.0 Å². The van der Waals surface area contributed by atoms with Crippen LogP contribution in [0.15, 0.2) is 15.6 Å². The molecule has 0 bridgehead atoms. The monoisotopic (exact) mass is 479 g/mol. The van der Waals surface area contributed by atoms with Crippen LogP contribution >= 0.6 is 24.0 Å². The van der Waals surface area contributed by atoms with Gasteiger partial charge in [0.15, 0.2) is 11.7 Å². The lowest BCUT2D eigenvalue weighted by Crippen LogP contribution is -2.52. The summed E-state index contributed by atoms with van der Waals surface area (Å²) in [7, 11) is 0. The van der Waals surface area contributed by atoms with Gasteiger partial charge in [-0.2, -0.15) is 0 Å². The maximum absolute atomic E-state index is 5.48. The van der Waals surface area contributed by atoms with Crippen LogP contribution in [0.25, 0.3) is 0 Å². The van der Waals surface area contributed by atoms with E-state index in [2.05, 4.69) is 53.4 Å². The van der Waals surface area contributed by atoms with Gasteiger partial charge in [-0.05, 0) is 19.3 Å². The van der Waals surface area contributed by atoms with Crippen molar-refractivity contribution in [2.45, 2.75) is 46.7 Å². The number of nitrogens with one attached hydrogen (secondary N) is 2. The molecule has 0 spiro atoms. The van der Waals surface area contributed by atoms with Gasteiger partial charge in [-0.3, -0.25) is 4.90 Å². The Balaban J connectivity index is 0.00000338. The first kappa shape index (κ1) is 23.2. The molecule has 7 nitrogen and oxygen atoms in total. The van der Waals surface area contributed by atoms with Crippen molar-refractivity contribution >= 4 is 29.9 Å². The quantitative estimate of drug-likeness (QED) is 0.339. The Kier molecular flexibility index (Phi) is 11.1. The fraction of sp³-hybridized carbons (Fsp3) is 0.778. The third kappa shape index (κ3) is 7.40. The second-order valence-electron chi connectivity index (χ2n) is 6.67. The standard InChI is InChI=1S/C18H33N5O2.HI/c1-5-15-11-16(25-22-15)12-20-18(19-6-2)21-13-17(14(3)4)23-7-9-24-10-8-23;/h11,14,17H,5-10,12-13H2,1-4H3,(H2,19,20,21);1H. The maximum Gasteiger partial charge on any atom is 0.191 e. The Bertz CT molecular complexity index is 529. The SMILES string of the molecule is CCNC(=NCc1cc(CC)no1)NCC(C(C)C)N1CCOCC1.I. The summed E-state index contributed by atoms with van der Waals surface area (Å²) in [4.78, 5) is 7.13. The summed E-state index contributed by atoms with van der Waals surface area (Å²) >= 11 is 0. The summed E-state index contributed by atoms with van der Waals surface area (Å²) in [6.45, 7) is 14.5. The number of halogens is 1. The van der Waals surface area contributed by atoms with Crippen LogP contribution in [0.4, 0.5) is 0 Å². The highest BCUT2D eigenvalue weighted by Crippen LogP contribution is 2.12. The van der Waals surface area contributed by atoms with Crippen molar-refractivity contribution < 1.29 is 9.26 Å². The molecule has 0 radical (unpaired) electrons. The normalized spacial score (nSPS) is 17.0. The van der Waals surface area contributed by atoms with Crippen molar-refractivity contribution in [2.24, 2.45) is 10.9 Å². The molecule has 1 aliphatic rings. The van der Waals surface area contributed by atoms with Gasteiger partial charge in [0.1, 0.15) is 6.54 Å². The molecule has 0 aromatic carbocycles. The average Bonchev–Trinajstić information content (AvgIpc) is 3.08. The van der Waals surface area contributed by atoms with E-state index in [1.807, 2.05) is 6.07 Å². The van der Waals surface area contributed by atoms with Gasteiger partial charge >= 0.3 is 0 Å². The third-order valence-corrected chi connectivity index (χ3v) is 4.47. The lowest BCUT2D eigenvalue weighted by atomic mass is 10.0. The largest absolute Gasteiger partial charge is 0.379 e. The lowest BCUT2D eigenvalue weighted by molar-refractivity contribution is 0.00752. The van der Waals surface area contributed by atoms with Crippen LogP contribution < -0.4 is 10.6 Å². The van der Waals surface area contributed by atoms with Crippen LogP contribution in [0, 0.1) is 5.92 Å². The number of hydrogen-bond acceptors (Lipinski definition) is 5. The van der Waals surface area contributed by atoms with Gasteiger partial charge in [0.05, 0.1) is 18.9 Å². The van der Waals surface area contributed by atoms with Gasteiger partial charge in [-0.1, -0.05) is 25.9 Å². The first-order valence-corrected chi connectivity index (χ1v) is 9.42. The van der Waals surface area contributed by atoms with Crippen molar-refractivity contribution in [1.29, 1.82) is 0 Å². The van der Waals surface area contributed by atoms with Crippen LogP contribution in [0.5, 0.6) is 0 Å². The molecule has 1 aliphatic heterocycles. The molecule has 0 aliphatic carbocycles. The summed E-state index contributed by atoms with van der Waals surface area (Å²) < 4.78 is 10.8. The van der Waals surface area contributed by atoms with Crippen molar-refractivity contribution in [2.75, 3.05) is 39.4 Å². The number of rotatable bonds is 8. The molecule has 1 aromatic rings. The highest BCUT2D eigenvalue weighted by atomic mass is 127. The molecule has 2 N–H and O–H groups in total. The lowest BCUT2D eigenvalue weighted by Gasteiger charge is -2.37. The number of ether oxygens (including phenoxy) is 1. The molecule has 1 fully saturated rings. The highest BCUT2D eigenvalue weighted by molar-refractivity contribution is 14.0. The van der Waals surface area contributed by atoms with E-state index in [0.717, 1.165) is 63.2 Å². The summed E-state index contributed by atoms with van der Waals surface area (Å²) in [5.41, 5.74) is 0.968. The Morgan fingerprint density at radius 2 is 2.00 bits per heavy atom. The Labute approximate surface area is 174 Å². The molecule has 2 heterocycles. The minimum absolute atomic E-state index is 0. The predicted octanol–water partition coefficient (Wildman–Crippen LogP) is 2.27. The fourth-order valence-corrected chi connectivity index (χ4v) is 2.99. The number of aliphatic imine (C=N–C) groups is 1. The summed E-state index contributed by atoms with van der Waals surface area (Å²) in [5.74, 6) is 2.17. The van der Waals surface area contributed by atoms with E-state index in [4.69, 9.17) is 9.26 Å². The molecule has 0 amide bonds. The summed E-state index contributed by atoms with van der Waals surface area (Å²) in [6, 6.07) is 2.43. The molecule has 150 valence electrons. The van der Waals surface area contributed by atoms with Gasteiger partial charge in [0.2, 0.25) is 0 Å². The molecule has 1 aromatic heterocycles. The van der Waals surface area contributed by atoms with Crippen LogP contribution in [0.2, 0.25) is 0 Å².